The van der Waals surface area contributed by atoms with Crippen LogP contribution in [0.1, 0.15) is 26.7 Å². The Morgan fingerprint density at radius 1 is 1.38 bits per heavy atom. The lowest BCUT2D eigenvalue weighted by Crippen LogP contribution is -2.56. The highest BCUT2D eigenvalue weighted by Crippen LogP contribution is 2.33. The highest BCUT2D eigenvalue weighted by atomic mass is 32.2. The summed E-state index contributed by atoms with van der Waals surface area (Å²) >= 11 is 0. The van der Waals surface area contributed by atoms with Crippen molar-refractivity contribution in [3.63, 3.8) is 0 Å². The number of sulfone groups is 1. The zero-order valence-electron chi connectivity index (χ0n) is 12.2. The van der Waals surface area contributed by atoms with Crippen molar-refractivity contribution < 1.29 is 13.3 Å². The molecule has 0 N–H and O–H groups in total. The predicted molar refractivity (Wildman–Crippen MR) is 80.2 cm³/mol. The molecule has 1 aliphatic rings. The van der Waals surface area contributed by atoms with Gasteiger partial charge in [0.25, 0.3) is 5.69 Å². The monoisotopic (exact) mass is 313 g/mol. The molecule has 1 aromatic heterocycles. The van der Waals surface area contributed by atoms with Crippen molar-refractivity contribution in [2.45, 2.75) is 31.4 Å². The number of aromatic nitrogens is 1. The molecule has 2 rings (SSSR count). The highest BCUT2D eigenvalue weighted by Gasteiger charge is 2.45. The van der Waals surface area contributed by atoms with Gasteiger partial charge in [-0.25, -0.2) is 13.4 Å². The number of hydrogen-bond acceptors (Lipinski definition) is 6. The van der Waals surface area contributed by atoms with E-state index in [-0.39, 0.29) is 11.4 Å². The molecule has 0 amide bonds. The SMILES string of the molecule is CCC1(CC)CN(c2ccc([N+](=O)[O-])cn2)CCS1(=O)=O. The Kier molecular flexibility index (Phi) is 4.18. The summed E-state index contributed by atoms with van der Waals surface area (Å²) in [6.07, 6.45) is 2.31. The first kappa shape index (κ1) is 15.7. The van der Waals surface area contributed by atoms with E-state index in [2.05, 4.69) is 4.98 Å². The van der Waals surface area contributed by atoms with E-state index in [1.54, 1.807) is 6.07 Å². The normalized spacial score (nSPS) is 20.2. The van der Waals surface area contributed by atoms with Gasteiger partial charge >= 0.3 is 0 Å². The molecule has 0 spiro atoms. The van der Waals surface area contributed by atoms with Gasteiger partial charge in [0.15, 0.2) is 9.84 Å². The topological polar surface area (TPSA) is 93.4 Å². The molecule has 0 aromatic carbocycles. The average molecular weight is 313 g/mol. The van der Waals surface area contributed by atoms with Crippen LogP contribution in [0.4, 0.5) is 11.5 Å². The minimum atomic E-state index is -3.13. The maximum Gasteiger partial charge on any atom is 0.287 e. The Hall–Kier alpha value is -1.70. The van der Waals surface area contributed by atoms with Gasteiger partial charge in [0.05, 0.1) is 15.4 Å². The minimum absolute atomic E-state index is 0.0689. The first-order chi connectivity index (χ1) is 9.85. The maximum absolute atomic E-state index is 12.3. The van der Waals surface area contributed by atoms with Crippen LogP contribution in [0, 0.1) is 10.1 Å². The second-order valence-corrected chi connectivity index (χ2v) is 7.77. The number of anilines is 1. The summed E-state index contributed by atoms with van der Waals surface area (Å²) in [6, 6.07) is 2.97. The van der Waals surface area contributed by atoms with Gasteiger partial charge < -0.3 is 4.90 Å². The van der Waals surface area contributed by atoms with Gasteiger partial charge in [-0.2, -0.15) is 0 Å². The molecule has 8 heteroatoms. The third kappa shape index (κ3) is 2.72. The van der Waals surface area contributed by atoms with Crippen LogP contribution >= 0.6 is 0 Å². The van der Waals surface area contributed by atoms with Gasteiger partial charge in [0.1, 0.15) is 12.0 Å². The van der Waals surface area contributed by atoms with E-state index in [4.69, 9.17) is 0 Å². The lowest BCUT2D eigenvalue weighted by molar-refractivity contribution is -0.385. The van der Waals surface area contributed by atoms with E-state index >= 15 is 0 Å². The number of nitro groups is 1. The quantitative estimate of drug-likeness (QED) is 0.621. The summed E-state index contributed by atoms with van der Waals surface area (Å²) in [6.45, 7) is 4.52. The van der Waals surface area contributed by atoms with Gasteiger partial charge in [-0.3, -0.25) is 10.1 Å². The summed E-state index contributed by atoms with van der Waals surface area (Å²) in [7, 11) is -3.13. The fourth-order valence-corrected chi connectivity index (χ4v) is 4.88. The van der Waals surface area contributed by atoms with E-state index in [1.165, 1.54) is 12.3 Å². The molecule has 0 radical (unpaired) electrons. The Morgan fingerprint density at radius 3 is 2.52 bits per heavy atom. The van der Waals surface area contributed by atoms with Crippen molar-refractivity contribution in [1.29, 1.82) is 0 Å². The van der Waals surface area contributed by atoms with Crippen LogP contribution in [0.5, 0.6) is 0 Å². The third-order valence-corrected chi connectivity index (χ3v) is 7.07. The molecule has 0 aliphatic carbocycles. The number of pyridine rings is 1. The van der Waals surface area contributed by atoms with Crippen LogP contribution in [0.3, 0.4) is 0 Å². The van der Waals surface area contributed by atoms with Crippen molar-refractivity contribution in [3.8, 4) is 0 Å². The van der Waals surface area contributed by atoms with Crippen LogP contribution < -0.4 is 4.90 Å². The zero-order valence-corrected chi connectivity index (χ0v) is 13.0. The van der Waals surface area contributed by atoms with Gasteiger partial charge in [-0.15, -0.1) is 0 Å². The van der Waals surface area contributed by atoms with Crippen LogP contribution in [-0.4, -0.2) is 41.9 Å². The average Bonchev–Trinajstić information content (AvgIpc) is 2.47. The molecule has 7 nitrogen and oxygen atoms in total. The second kappa shape index (κ2) is 5.59. The predicted octanol–water partition coefficient (Wildman–Crippen LogP) is 1.78. The highest BCUT2D eigenvalue weighted by molar-refractivity contribution is 7.92. The zero-order chi connectivity index (χ0) is 15.7. The fraction of sp³-hybridized carbons (Fsp3) is 0.615. The Morgan fingerprint density at radius 2 is 2.05 bits per heavy atom. The van der Waals surface area contributed by atoms with Crippen LogP contribution in [0.2, 0.25) is 0 Å². The second-order valence-electron chi connectivity index (χ2n) is 5.26. The lowest BCUT2D eigenvalue weighted by Gasteiger charge is -2.41. The first-order valence-corrected chi connectivity index (χ1v) is 8.58. The molecule has 0 unspecified atom stereocenters. The molecule has 116 valence electrons. The van der Waals surface area contributed by atoms with Crippen LogP contribution in [0.15, 0.2) is 18.3 Å². The smallest absolute Gasteiger partial charge is 0.287 e. The van der Waals surface area contributed by atoms with Gasteiger partial charge in [0, 0.05) is 19.2 Å². The van der Waals surface area contributed by atoms with Crippen LogP contribution in [0.25, 0.3) is 0 Å². The van der Waals surface area contributed by atoms with E-state index in [9.17, 15) is 18.5 Å². The Bertz CT molecular complexity index is 623. The number of hydrogen-bond donors (Lipinski definition) is 0. The van der Waals surface area contributed by atoms with E-state index < -0.39 is 19.5 Å². The lowest BCUT2D eigenvalue weighted by atomic mass is 10.0. The van der Waals surface area contributed by atoms with Gasteiger partial charge in [0.2, 0.25) is 0 Å². The minimum Gasteiger partial charge on any atom is -0.354 e. The van der Waals surface area contributed by atoms with Crippen molar-refractivity contribution in [2.75, 3.05) is 23.7 Å². The summed E-state index contributed by atoms with van der Waals surface area (Å²) in [5.41, 5.74) is -0.0689. The summed E-state index contributed by atoms with van der Waals surface area (Å²) in [5.74, 6) is 0.676. The molecule has 0 bridgehead atoms. The van der Waals surface area contributed by atoms with E-state index in [0.717, 1.165) is 0 Å². The largest absolute Gasteiger partial charge is 0.354 e. The summed E-state index contributed by atoms with van der Waals surface area (Å²) < 4.78 is 23.9. The molecule has 1 aliphatic heterocycles. The fourth-order valence-electron chi connectivity index (χ4n) is 2.75. The molecular formula is C13H19N3O4S. The van der Waals surface area contributed by atoms with E-state index in [0.29, 0.717) is 31.7 Å². The molecule has 0 saturated carbocycles. The molecule has 1 saturated heterocycles. The summed E-state index contributed by atoms with van der Waals surface area (Å²) in [5, 5.41) is 10.6. The van der Waals surface area contributed by atoms with Crippen molar-refractivity contribution in [2.24, 2.45) is 0 Å². The first-order valence-electron chi connectivity index (χ1n) is 6.93. The van der Waals surface area contributed by atoms with Crippen molar-refractivity contribution in [3.05, 3.63) is 28.4 Å². The van der Waals surface area contributed by atoms with Crippen molar-refractivity contribution >= 4 is 21.3 Å². The van der Waals surface area contributed by atoms with Crippen molar-refractivity contribution in [1.82, 2.24) is 4.98 Å². The standard InChI is InChI=1S/C13H19N3O4S/c1-3-13(4-2)10-15(7-8-21(13,19)20)12-6-5-11(9-14-12)16(17)18/h5-6,9H,3-4,7-8,10H2,1-2H3. The number of rotatable bonds is 4. The molecular weight excluding hydrogens is 294 g/mol. The molecule has 2 heterocycles. The number of nitrogens with zero attached hydrogens (tertiary/aromatic N) is 3. The molecule has 1 aromatic rings. The van der Waals surface area contributed by atoms with Gasteiger partial charge in [-0.1, -0.05) is 13.8 Å². The molecule has 1 fully saturated rings. The van der Waals surface area contributed by atoms with E-state index in [1.807, 2.05) is 18.7 Å². The van der Waals surface area contributed by atoms with Crippen LogP contribution in [-0.2, 0) is 9.84 Å². The summed E-state index contributed by atoms with van der Waals surface area (Å²) in [4.78, 5) is 16.1. The third-order valence-electron chi connectivity index (χ3n) is 4.32. The Balaban J connectivity index is 2.28. The molecule has 0 atom stereocenters. The maximum atomic E-state index is 12.3. The Labute approximate surface area is 124 Å². The van der Waals surface area contributed by atoms with Gasteiger partial charge in [-0.05, 0) is 18.9 Å². The molecule has 21 heavy (non-hydrogen) atoms.